The third-order valence-electron chi connectivity index (χ3n) is 1.74. The summed E-state index contributed by atoms with van der Waals surface area (Å²) >= 11 is 0. The molecule has 0 radical (unpaired) electrons. The second kappa shape index (κ2) is 6.66. The number of unbranched alkanes of at least 4 members (excludes halogenated alkanes) is 1. The smallest absolute Gasteiger partial charge is 0.218 e. The molecule has 1 heterocycles. The van der Waals surface area contributed by atoms with Gasteiger partial charge in [0.05, 0.1) is 6.61 Å². The van der Waals surface area contributed by atoms with E-state index in [0.717, 1.165) is 25.2 Å². The molecule has 0 aliphatic carbocycles. The van der Waals surface area contributed by atoms with Crippen LogP contribution in [0.15, 0.2) is 12.4 Å². The highest BCUT2D eigenvalue weighted by Crippen LogP contribution is 2.10. The number of aromatic nitrogens is 2. The molecule has 0 amide bonds. The molecule has 0 saturated heterocycles. The third kappa shape index (κ3) is 4.32. The summed E-state index contributed by atoms with van der Waals surface area (Å²) in [6.45, 7) is 3.34. The van der Waals surface area contributed by atoms with E-state index in [1.807, 2.05) is 6.92 Å². The van der Waals surface area contributed by atoms with Gasteiger partial charge in [0.1, 0.15) is 12.1 Å². The Hall–Kier alpha value is -1.76. The van der Waals surface area contributed by atoms with E-state index in [1.54, 1.807) is 6.07 Å². The Balaban J connectivity index is 2.40. The highest BCUT2D eigenvalue weighted by Gasteiger charge is 1.97. The fourth-order valence-corrected chi connectivity index (χ4v) is 1.07. The zero-order valence-electron chi connectivity index (χ0n) is 8.86. The first-order valence-electron chi connectivity index (χ1n) is 4.99. The minimum Gasteiger partial charge on any atom is -0.478 e. The molecular weight excluding hydrogens is 190 g/mol. The maximum atomic E-state index is 5.25. The third-order valence-corrected chi connectivity index (χ3v) is 1.74. The maximum Gasteiger partial charge on any atom is 0.218 e. The summed E-state index contributed by atoms with van der Waals surface area (Å²) in [5.41, 5.74) is 0. The lowest BCUT2D eigenvalue weighted by Gasteiger charge is -2.05. The number of hydrogen-bond acceptors (Lipinski definition) is 4. The van der Waals surface area contributed by atoms with Gasteiger partial charge in [-0.3, -0.25) is 0 Å². The molecular formula is C11H15N3O. The van der Waals surface area contributed by atoms with Crippen LogP contribution in [0, 0.1) is 12.3 Å². The standard InChI is InChI=1S/C11H15N3O/c1-3-5-6-7-12-10-8-11(15-4-2)14-9-13-10/h1,8-9H,4-7H2,2H3,(H,12,13,14). The minimum atomic E-state index is 0.590. The molecule has 0 aliphatic heterocycles. The van der Waals surface area contributed by atoms with Crippen molar-refractivity contribution in [3.63, 3.8) is 0 Å². The van der Waals surface area contributed by atoms with Gasteiger partial charge in [-0.05, 0) is 13.3 Å². The lowest BCUT2D eigenvalue weighted by Crippen LogP contribution is -2.04. The van der Waals surface area contributed by atoms with E-state index in [4.69, 9.17) is 11.2 Å². The summed E-state index contributed by atoms with van der Waals surface area (Å²) < 4.78 is 5.25. The van der Waals surface area contributed by atoms with Crippen LogP contribution in [0.3, 0.4) is 0 Å². The van der Waals surface area contributed by atoms with E-state index < -0.39 is 0 Å². The van der Waals surface area contributed by atoms with Crippen molar-refractivity contribution in [3.05, 3.63) is 12.4 Å². The topological polar surface area (TPSA) is 47.0 Å². The van der Waals surface area contributed by atoms with Crippen LogP contribution < -0.4 is 10.1 Å². The SMILES string of the molecule is C#CCCCNc1cc(OCC)ncn1. The quantitative estimate of drug-likeness (QED) is 0.567. The van der Waals surface area contributed by atoms with Gasteiger partial charge in [0.25, 0.3) is 0 Å². The first kappa shape index (κ1) is 11.3. The van der Waals surface area contributed by atoms with Crippen LogP contribution in [-0.4, -0.2) is 23.1 Å². The van der Waals surface area contributed by atoms with Gasteiger partial charge >= 0.3 is 0 Å². The molecule has 80 valence electrons. The zero-order chi connectivity index (χ0) is 10.9. The van der Waals surface area contributed by atoms with Crippen molar-refractivity contribution in [1.82, 2.24) is 9.97 Å². The largest absolute Gasteiger partial charge is 0.478 e. The van der Waals surface area contributed by atoms with E-state index in [0.29, 0.717) is 12.5 Å². The van der Waals surface area contributed by atoms with E-state index in [1.165, 1.54) is 6.33 Å². The van der Waals surface area contributed by atoms with E-state index in [2.05, 4.69) is 21.2 Å². The number of hydrogen-bond donors (Lipinski definition) is 1. The summed E-state index contributed by atoms with van der Waals surface area (Å²) in [7, 11) is 0. The fourth-order valence-electron chi connectivity index (χ4n) is 1.07. The van der Waals surface area contributed by atoms with Crippen molar-refractivity contribution in [1.29, 1.82) is 0 Å². The van der Waals surface area contributed by atoms with Gasteiger partial charge < -0.3 is 10.1 Å². The number of ether oxygens (including phenoxy) is 1. The molecule has 0 spiro atoms. The van der Waals surface area contributed by atoms with Gasteiger partial charge in [-0.15, -0.1) is 12.3 Å². The molecule has 1 N–H and O–H groups in total. The molecule has 4 nitrogen and oxygen atoms in total. The maximum absolute atomic E-state index is 5.25. The van der Waals surface area contributed by atoms with Gasteiger partial charge in [-0.2, -0.15) is 0 Å². The second-order valence-electron chi connectivity index (χ2n) is 2.91. The Bertz CT molecular complexity index is 333. The molecule has 4 heteroatoms. The Labute approximate surface area is 90.1 Å². The van der Waals surface area contributed by atoms with E-state index in [9.17, 15) is 0 Å². The molecule has 0 saturated carbocycles. The summed E-state index contributed by atoms with van der Waals surface area (Å²) in [6, 6.07) is 1.78. The molecule has 1 aromatic heterocycles. The molecule has 1 aromatic rings. The zero-order valence-corrected chi connectivity index (χ0v) is 8.86. The molecule has 0 bridgehead atoms. The van der Waals surface area contributed by atoms with Gasteiger partial charge in [-0.1, -0.05) is 0 Å². The Morgan fingerprint density at radius 3 is 3.13 bits per heavy atom. The van der Waals surface area contributed by atoms with Crippen LogP contribution in [0.1, 0.15) is 19.8 Å². The van der Waals surface area contributed by atoms with Crippen LogP contribution in [0.4, 0.5) is 5.82 Å². The van der Waals surface area contributed by atoms with Crippen LogP contribution in [0.2, 0.25) is 0 Å². The predicted octanol–water partition coefficient (Wildman–Crippen LogP) is 1.70. The van der Waals surface area contributed by atoms with E-state index >= 15 is 0 Å². The highest BCUT2D eigenvalue weighted by molar-refractivity contribution is 5.36. The molecule has 1 rings (SSSR count). The first-order valence-corrected chi connectivity index (χ1v) is 4.99. The summed E-state index contributed by atoms with van der Waals surface area (Å²) in [5, 5.41) is 3.15. The van der Waals surface area contributed by atoms with Gasteiger partial charge in [-0.25, -0.2) is 9.97 Å². The molecule has 0 atom stereocenters. The van der Waals surface area contributed by atoms with Crippen molar-refractivity contribution in [2.24, 2.45) is 0 Å². The van der Waals surface area contributed by atoms with Gasteiger partial charge in [0.15, 0.2) is 0 Å². The number of nitrogens with one attached hydrogen (secondary N) is 1. The second-order valence-corrected chi connectivity index (χ2v) is 2.91. The number of rotatable bonds is 6. The first-order chi connectivity index (χ1) is 7.36. The van der Waals surface area contributed by atoms with Crippen LogP contribution >= 0.6 is 0 Å². The molecule has 0 fully saturated rings. The number of nitrogens with zero attached hydrogens (tertiary/aromatic N) is 2. The summed E-state index contributed by atoms with van der Waals surface area (Å²) in [5.74, 6) is 3.95. The Kier molecular flexibility index (Phi) is 5.02. The fraction of sp³-hybridized carbons (Fsp3) is 0.455. The van der Waals surface area contributed by atoms with Crippen molar-refractivity contribution in [3.8, 4) is 18.2 Å². The average Bonchev–Trinajstić information content (AvgIpc) is 2.26. The van der Waals surface area contributed by atoms with Crippen molar-refractivity contribution in [2.45, 2.75) is 19.8 Å². The Morgan fingerprint density at radius 2 is 2.40 bits per heavy atom. The minimum absolute atomic E-state index is 0.590. The average molecular weight is 205 g/mol. The monoisotopic (exact) mass is 205 g/mol. The number of terminal acetylenes is 1. The number of anilines is 1. The van der Waals surface area contributed by atoms with Crippen LogP contribution in [0.25, 0.3) is 0 Å². The molecule has 0 aromatic carbocycles. The van der Waals surface area contributed by atoms with Gasteiger partial charge in [0.2, 0.25) is 5.88 Å². The predicted molar refractivity (Wildman–Crippen MR) is 59.8 cm³/mol. The molecule has 15 heavy (non-hydrogen) atoms. The van der Waals surface area contributed by atoms with Crippen LogP contribution in [0.5, 0.6) is 5.88 Å². The van der Waals surface area contributed by atoms with Crippen molar-refractivity contribution < 1.29 is 4.74 Å². The van der Waals surface area contributed by atoms with Crippen molar-refractivity contribution in [2.75, 3.05) is 18.5 Å². The van der Waals surface area contributed by atoms with Gasteiger partial charge in [0, 0.05) is 19.0 Å². The van der Waals surface area contributed by atoms with E-state index in [-0.39, 0.29) is 0 Å². The van der Waals surface area contributed by atoms with Crippen molar-refractivity contribution >= 4 is 5.82 Å². The Morgan fingerprint density at radius 1 is 1.53 bits per heavy atom. The molecule has 0 aliphatic rings. The molecule has 0 unspecified atom stereocenters. The lowest BCUT2D eigenvalue weighted by molar-refractivity contribution is 0.326. The normalized spacial score (nSPS) is 9.33. The summed E-state index contributed by atoms with van der Waals surface area (Å²) in [4.78, 5) is 8.03. The lowest BCUT2D eigenvalue weighted by atomic mass is 10.3. The highest BCUT2D eigenvalue weighted by atomic mass is 16.5. The van der Waals surface area contributed by atoms with Crippen LogP contribution in [-0.2, 0) is 0 Å². The summed E-state index contributed by atoms with van der Waals surface area (Å²) in [6.07, 6.45) is 8.34.